The second-order valence-corrected chi connectivity index (χ2v) is 5.05. The van der Waals surface area contributed by atoms with Crippen molar-refractivity contribution in [3.63, 3.8) is 0 Å². The fourth-order valence-electron chi connectivity index (χ4n) is 2.72. The van der Waals surface area contributed by atoms with E-state index in [-0.39, 0.29) is 6.61 Å². The molecular weight excluding hydrogens is 234 g/mol. The van der Waals surface area contributed by atoms with Gasteiger partial charge in [-0.1, -0.05) is 24.6 Å². The van der Waals surface area contributed by atoms with Gasteiger partial charge in [-0.2, -0.15) is 0 Å². The van der Waals surface area contributed by atoms with E-state index in [4.69, 9.17) is 11.6 Å². The van der Waals surface area contributed by atoms with Gasteiger partial charge in [0.1, 0.15) is 0 Å². The van der Waals surface area contributed by atoms with Crippen LogP contribution in [0.2, 0.25) is 5.02 Å². The predicted octanol–water partition coefficient (Wildman–Crippen LogP) is 3.60. The standard InChI is InChI=1S/C14H20ClNO/c1-2-11-6-3-4-9-16(11)14-8-5-7-13(15)12(14)10-17/h5,7-8,11,17H,2-4,6,9-10H2,1H3. The molecule has 2 nitrogen and oxygen atoms in total. The Labute approximate surface area is 108 Å². The third-order valence-electron chi connectivity index (χ3n) is 3.66. The SMILES string of the molecule is CCC1CCCCN1c1cccc(Cl)c1CO. The van der Waals surface area contributed by atoms with E-state index in [0.29, 0.717) is 11.1 Å². The van der Waals surface area contributed by atoms with Crippen LogP contribution in [0.5, 0.6) is 0 Å². The van der Waals surface area contributed by atoms with Crippen LogP contribution in [0.3, 0.4) is 0 Å². The zero-order valence-electron chi connectivity index (χ0n) is 10.3. The van der Waals surface area contributed by atoms with Crippen LogP contribution in [-0.2, 0) is 6.61 Å². The highest BCUT2D eigenvalue weighted by atomic mass is 35.5. The molecule has 0 radical (unpaired) electrons. The van der Waals surface area contributed by atoms with E-state index in [2.05, 4.69) is 17.9 Å². The monoisotopic (exact) mass is 253 g/mol. The molecule has 94 valence electrons. The summed E-state index contributed by atoms with van der Waals surface area (Å²) in [6.07, 6.45) is 4.93. The van der Waals surface area contributed by atoms with Crippen LogP contribution in [0.15, 0.2) is 18.2 Å². The van der Waals surface area contributed by atoms with Gasteiger partial charge in [-0.25, -0.2) is 0 Å². The molecule has 1 aromatic carbocycles. The van der Waals surface area contributed by atoms with Gasteiger partial charge in [-0.15, -0.1) is 0 Å². The van der Waals surface area contributed by atoms with E-state index in [1.54, 1.807) is 0 Å². The van der Waals surface area contributed by atoms with E-state index in [0.717, 1.165) is 24.2 Å². The maximum Gasteiger partial charge on any atom is 0.0716 e. The first-order valence-corrected chi connectivity index (χ1v) is 6.80. The quantitative estimate of drug-likeness (QED) is 0.890. The van der Waals surface area contributed by atoms with Gasteiger partial charge in [0.05, 0.1) is 6.61 Å². The van der Waals surface area contributed by atoms with Crippen LogP contribution >= 0.6 is 11.6 Å². The third kappa shape index (κ3) is 2.58. The Morgan fingerprint density at radius 2 is 2.24 bits per heavy atom. The van der Waals surface area contributed by atoms with Crippen LogP contribution in [-0.4, -0.2) is 17.7 Å². The number of anilines is 1. The Hall–Kier alpha value is -0.730. The lowest BCUT2D eigenvalue weighted by Crippen LogP contribution is -2.39. The number of hydrogen-bond acceptors (Lipinski definition) is 2. The zero-order valence-corrected chi connectivity index (χ0v) is 11.1. The summed E-state index contributed by atoms with van der Waals surface area (Å²) < 4.78 is 0. The first kappa shape index (κ1) is 12.7. The molecule has 1 atom stereocenters. The molecule has 0 aromatic heterocycles. The third-order valence-corrected chi connectivity index (χ3v) is 4.01. The Morgan fingerprint density at radius 1 is 1.41 bits per heavy atom. The summed E-state index contributed by atoms with van der Waals surface area (Å²) in [4.78, 5) is 2.42. The van der Waals surface area contributed by atoms with Crippen LogP contribution in [0, 0.1) is 0 Å². The molecule has 0 saturated carbocycles. The molecule has 0 bridgehead atoms. The number of nitrogens with zero attached hydrogens (tertiary/aromatic N) is 1. The lowest BCUT2D eigenvalue weighted by atomic mass is 9.98. The zero-order chi connectivity index (χ0) is 12.3. The van der Waals surface area contributed by atoms with Crippen molar-refractivity contribution >= 4 is 17.3 Å². The molecule has 17 heavy (non-hydrogen) atoms. The number of aliphatic hydroxyl groups excluding tert-OH is 1. The predicted molar refractivity (Wildman–Crippen MR) is 72.7 cm³/mol. The first-order valence-electron chi connectivity index (χ1n) is 6.42. The molecule has 1 aromatic rings. The molecule has 1 N–H and O–H groups in total. The smallest absolute Gasteiger partial charge is 0.0716 e. The fourth-order valence-corrected chi connectivity index (χ4v) is 2.94. The number of hydrogen-bond donors (Lipinski definition) is 1. The van der Waals surface area contributed by atoms with Crippen molar-refractivity contribution in [1.82, 2.24) is 0 Å². The summed E-state index contributed by atoms with van der Waals surface area (Å²) in [6, 6.07) is 6.48. The summed E-state index contributed by atoms with van der Waals surface area (Å²) in [7, 11) is 0. The van der Waals surface area contributed by atoms with Crippen molar-refractivity contribution in [2.24, 2.45) is 0 Å². The van der Waals surface area contributed by atoms with Crippen molar-refractivity contribution in [2.45, 2.75) is 45.3 Å². The number of piperidine rings is 1. The van der Waals surface area contributed by atoms with Crippen molar-refractivity contribution in [1.29, 1.82) is 0 Å². The topological polar surface area (TPSA) is 23.5 Å². The van der Waals surface area contributed by atoms with E-state index in [9.17, 15) is 5.11 Å². The van der Waals surface area contributed by atoms with Crippen molar-refractivity contribution in [2.75, 3.05) is 11.4 Å². The largest absolute Gasteiger partial charge is 0.392 e. The van der Waals surface area contributed by atoms with Gasteiger partial charge in [0.2, 0.25) is 0 Å². The average molecular weight is 254 g/mol. The molecule has 1 heterocycles. The van der Waals surface area contributed by atoms with Crippen LogP contribution in [0.25, 0.3) is 0 Å². The molecule has 0 aliphatic carbocycles. The van der Waals surface area contributed by atoms with E-state index >= 15 is 0 Å². The molecule has 3 heteroatoms. The van der Waals surface area contributed by atoms with Gasteiger partial charge in [0.25, 0.3) is 0 Å². The Bertz CT molecular complexity index is 380. The summed E-state index contributed by atoms with van der Waals surface area (Å²) >= 11 is 6.15. The van der Waals surface area contributed by atoms with E-state index in [1.165, 1.54) is 19.3 Å². The minimum Gasteiger partial charge on any atom is -0.392 e. The highest BCUT2D eigenvalue weighted by Crippen LogP contribution is 2.32. The fraction of sp³-hybridized carbons (Fsp3) is 0.571. The summed E-state index contributed by atoms with van der Waals surface area (Å²) in [5.41, 5.74) is 1.99. The maximum absolute atomic E-state index is 9.48. The second kappa shape index (κ2) is 5.74. The van der Waals surface area contributed by atoms with Gasteiger partial charge in [-0.3, -0.25) is 0 Å². The minimum absolute atomic E-state index is 0.0158. The summed E-state index contributed by atoms with van der Waals surface area (Å²) in [5.74, 6) is 0. The van der Waals surface area contributed by atoms with Gasteiger partial charge >= 0.3 is 0 Å². The molecule has 1 fully saturated rings. The van der Waals surface area contributed by atoms with E-state index in [1.807, 2.05) is 12.1 Å². The van der Waals surface area contributed by atoms with Gasteiger partial charge in [0.15, 0.2) is 0 Å². The Balaban J connectivity index is 2.34. The molecule has 1 unspecified atom stereocenters. The van der Waals surface area contributed by atoms with Crippen LogP contribution in [0.4, 0.5) is 5.69 Å². The average Bonchev–Trinajstić information content (AvgIpc) is 2.38. The number of halogens is 1. The van der Waals surface area contributed by atoms with Crippen molar-refractivity contribution < 1.29 is 5.11 Å². The molecule has 1 saturated heterocycles. The number of rotatable bonds is 3. The van der Waals surface area contributed by atoms with Gasteiger partial charge < -0.3 is 10.0 Å². The molecule has 1 aliphatic heterocycles. The lowest BCUT2D eigenvalue weighted by Gasteiger charge is -2.38. The molecular formula is C14H20ClNO. The van der Waals surface area contributed by atoms with Crippen molar-refractivity contribution in [3.8, 4) is 0 Å². The lowest BCUT2D eigenvalue weighted by molar-refractivity contribution is 0.281. The highest BCUT2D eigenvalue weighted by Gasteiger charge is 2.23. The van der Waals surface area contributed by atoms with Crippen LogP contribution in [0.1, 0.15) is 38.2 Å². The molecule has 0 spiro atoms. The molecule has 0 amide bonds. The maximum atomic E-state index is 9.48. The normalized spacial score (nSPS) is 20.6. The molecule has 1 aliphatic rings. The first-order chi connectivity index (χ1) is 8.27. The minimum atomic E-state index is 0.0158. The van der Waals surface area contributed by atoms with E-state index < -0.39 is 0 Å². The second-order valence-electron chi connectivity index (χ2n) is 4.65. The Kier molecular flexibility index (Phi) is 4.30. The molecule has 2 rings (SSSR count). The number of aliphatic hydroxyl groups is 1. The summed E-state index contributed by atoms with van der Waals surface area (Å²) in [6.45, 7) is 3.32. The van der Waals surface area contributed by atoms with Crippen LogP contribution < -0.4 is 4.90 Å². The van der Waals surface area contributed by atoms with Crippen molar-refractivity contribution in [3.05, 3.63) is 28.8 Å². The summed E-state index contributed by atoms with van der Waals surface area (Å²) in [5, 5.41) is 10.1. The Morgan fingerprint density at radius 3 is 2.94 bits per heavy atom. The van der Waals surface area contributed by atoms with Gasteiger partial charge in [0, 0.05) is 28.9 Å². The number of benzene rings is 1. The highest BCUT2D eigenvalue weighted by molar-refractivity contribution is 6.31. The van der Waals surface area contributed by atoms with Gasteiger partial charge in [-0.05, 0) is 37.8 Å².